The second-order valence-electron chi connectivity index (χ2n) is 12.7. The van der Waals surface area contributed by atoms with Gasteiger partial charge in [-0.1, -0.05) is 6.07 Å². The molecule has 5 aliphatic rings. The number of amides is 2. The second kappa shape index (κ2) is 10.2. The molecule has 10 nitrogen and oxygen atoms in total. The fourth-order valence-corrected chi connectivity index (χ4v) is 8.56. The number of benzene rings is 2. The van der Waals surface area contributed by atoms with Crippen molar-refractivity contribution in [3.63, 3.8) is 0 Å². The zero-order valence-electron chi connectivity index (χ0n) is 23.9. The van der Waals surface area contributed by atoms with E-state index >= 15 is 0 Å². The van der Waals surface area contributed by atoms with Crippen LogP contribution in [0.25, 0.3) is 10.8 Å². The van der Waals surface area contributed by atoms with Gasteiger partial charge in [-0.15, -0.1) is 0 Å². The molecule has 2 N–H and O–H groups in total. The summed E-state index contributed by atoms with van der Waals surface area (Å²) in [6.45, 7) is 3.13. The number of alkyl halides is 1. The summed E-state index contributed by atoms with van der Waals surface area (Å²) in [5.41, 5.74) is 1.90. The topological polar surface area (TPSA) is 111 Å². The molecule has 2 unspecified atom stereocenters. The van der Waals surface area contributed by atoms with Gasteiger partial charge < -0.3 is 19.6 Å². The SMILES string of the molecule is O=C1NC(=O)C2CN(c3nc(OC[C@@]45CCCN4C[C@H](F)C5)nc4c3CCN(c3cc(O)cc5ccc(F)c(Br)c35)C4)CC12. The minimum absolute atomic E-state index is 0.0684. The number of imide groups is 1. The first-order chi connectivity index (χ1) is 21.2. The molecule has 3 aromatic rings. The highest BCUT2D eigenvalue weighted by Crippen LogP contribution is 2.43. The van der Waals surface area contributed by atoms with Crippen molar-refractivity contribution in [2.45, 2.75) is 43.9 Å². The van der Waals surface area contributed by atoms with Gasteiger partial charge in [0.15, 0.2) is 0 Å². The van der Waals surface area contributed by atoms with Crippen LogP contribution in [-0.2, 0) is 22.6 Å². The van der Waals surface area contributed by atoms with E-state index in [4.69, 9.17) is 14.7 Å². The number of phenolic OH excluding ortho intramolecular Hbond substituents is 1. The predicted molar refractivity (Wildman–Crippen MR) is 161 cm³/mol. The third kappa shape index (κ3) is 4.41. The Morgan fingerprint density at radius 2 is 1.89 bits per heavy atom. The van der Waals surface area contributed by atoms with Crippen molar-refractivity contribution in [3.05, 3.63) is 45.8 Å². The molecule has 0 bridgehead atoms. The molecular formula is C31H31BrF2N6O4. The van der Waals surface area contributed by atoms with Gasteiger partial charge in [-0.05, 0) is 59.3 Å². The number of phenols is 1. The standard InChI is InChI=1S/C31H31BrF2N6O4/c32-26-22(34)3-2-16-8-18(41)9-24(25(16)26)38-7-4-19-23(14-38)35-30(44-15-31-5-1-6-40(31)11-17(33)10-31)36-27(19)39-12-20-21(13-39)29(43)37-28(20)42/h2-3,8-9,17,20-21,41H,1,4-7,10-15H2,(H,37,42,43)/t17-,20?,21?,31+/m1/s1. The summed E-state index contributed by atoms with van der Waals surface area (Å²) in [5, 5.41) is 14.3. The van der Waals surface area contributed by atoms with Gasteiger partial charge in [0, 0.05) is 55.3 Å². The van der Waals surface area contributed by atoms with Crippen LogP contribution in [0.15, 0.2) is 28.7 Å². The Bertz CT molecular complexity index is 1700. The molecule has 4 fully saturated rings. The van der Waals surface area contributed by atoms with E-state index in [1.54, 1.807) is 18.2 Å². The van der Waals surface area contributed by atoms with Gasteiger partial charge in [0.25, 0.3) is 0 Å². The number of rotatable bonds is 5. The van der Waals surface area contributed by atoms with Gasteiger partial charge >= 0.3 is 6.01 Å². The van der Waals surface area contributed by atoms with Crippen molar-refractivity contribution >= 4 is 50.0 Å². The van der Waals surface area contributed by atoms with Crippen LogP contribution in [0.3, 0.4) is 0 Å². The number of aromatic nitrogens is 2. The molecule has 230 valence electrons. The Morgan fingerprint density at radius 1 is 1.09 bits per heavy atom. The van der Waals surface area contributed by atoms with E-state index in [1.807, 2.05) is 9.80 Å². The van der Waals surface area contributed by atoms with Crippen molar-refractivity contribution in [1.82, 2.24) is 20.2 Å². The Morgan fingerprint density at radius 3 is 2.68 bits per heavy atom. The summed E-state index contributed by atoms with van der Waals surface area (Å²) in [5.74, 6) is -1.08. The highest BCUT2D eigenvalue weighted by atomic mass is 79.9. The van der Waals surface area contributed by atoms with Crippen LogP contribution in [0, 0.1) is 17.7 Å². The lowest BCUT2D eigenvalue weighted by Crippen LogP contribution is -2.43. The van der Waals surface area contributed by atoms with E-state index in [2.05, 4.69) is 26.1 Å². The number of nitrogens with zero attached hydrogens (tertiary/aromatic N) is 5. The van der Waals surface area contributed by atoms with E-state index in [-0.39, 0.29) is 35.7 Å². The maximum Gasteiger partial charge on any atom is 0.318 e. The molecule has 0 radical (unpaired) electrons. The van der Waals surface area contributed by atoms with Crippen LogP contribution in [0.4, 0.5) is 20.3 Å². The summed E-state index contributed by atoms with van der Waals surface area (Å²) in [4.78, 5) is 40.8. The van der Waals surface area contributed by atoms with Gasteiger partial charge in [0.05, 0.1) is 34.1 Å². The highest BCUT2D eigenvalue weighted by Gasteiger charge is 2.50. The number of carbonyl (C=O) groups excluding carboxylic acids is 2. The monoisotopic (exact) mass is 668 g/mol. The number of nitrogens with one attached hydrogen (secondary N) is 1. The first-order valence-corrected chi connectivity index (χ1v) is 15.9. The number of anilines is 2. The summed E-state index contributed by atoms with van der Waals surface area (Å²) in [6, 6.07) is 6.41. The largest absolute Gasteiger partial charge is 0.508 e. The predicted octanol–water partition coefficient (Wildman–Crippen LogP) is 3.46. The van der Waals surface area contributed by atoms with Crippen molar-refractivity contribution in [3.8, 4) is 11.8 Å². The zero-order valence-corrected chi connectivity index (χ0v) is 25.4. The molecular weight excluding hydrogens is 638 g/mol. The first kappa shape index (κ1) is 27.9. The third-order valence-electron chi connectivity index (χ3n) is 10.1. The lowest BCUT2D eigenvalue weighted by atomic mass is 9.95. The van der Waals surface area contributed by atoms with Crippen LogP contribution in [0.2, 0.25) is 0 Å². The van der Waals surface area contributed by atoms with E-state index in [1.165, 1.54) is 6.07 Å². The number of halogens is 3. The maximum atomic E-state index is 14.6. The van der Waals surface area contributed by atoms with Crippen LogP contribution in [0.5, 0.6) is 11.8 Å². The Labute approximate surface area is 260 Å². The van der Waals surface area contributed by atoms with Crippen LogP contribution < -0.4 is 19.9 Å². The average Bonchev–Trinajstić information content (AvgIpc) is 3.74. The number of fused-ring (bicyclic) bond motifs is 4. The Balaban J connectivity index is 1.16. The minimum Gasteiger partial charge on any atom is -0.508 e. The number of carbonyl (C=O) groups is 2. The lowest BCUT2D eigenvalue weighted by Gasteiger charge is -2.34. The van der Waals surface area contributed by atoms with Gasteiger partial charge in [-0.25, -0.2) is 8.78 Å². The molecule has 1 aromatic heterocycles. The number of hydrogen-bond acceptors (Lipinski definition) is 9. The minimum atomic E-state index is -0.888. The zero-order chi connectivity index (χ0) is 30.3. The summed E-state index contributed by atoms with van der Waals surface area (Å²) in [7, 11) is 0. The van der Waals surface area contributed by atoms with Gasteiger partial charge in [0.1, 0.15) is 30.2 Å². The van der Waals surface area contributed by atoms with Crippen molar-refractivity contribution in [1.29, 1.82) is 0 Å². The average molecular weight is 670 g/mol. The molecule has 0 spiro atoms. The summed E-state index contributed by atoms with van der Waals surface area (Å²) in [6.07, 6.45) is 1.91. The van der Waals surface area contributed by atoms with E-state index in [0.29, 0.717) is 78.0 Å². The van der Waals surface area contributed by atoms with Gasteiger partial charge in [-0.3, -0.25) is 19.8 Å². The highest BCUT2D eigenvalue weighted by molar-refractivity contribution is 9.10. The first-order valence-electron chi connectivity index (χ1n) is 15.1. The molecule has 2 aromatic carbocycles. The second-order valence-corrected chi connectivity index (χ2v) is 13.5. The van der Waals surface area contributed by atoms with Crippen molar-refractivity contribution in [2.24, 2.45) is 11.8 Å². The molecule has 4 atom stereocenters. The van der Waals surface area contributed by atoms with Gasteiger partial charge in [0.2, 0.25) is 11.8 Å². The molecule has 8 rings (SSSR count). The fourth-order valence-electron chi connectivity index (χ4n) is 7.99. The molecule has 0 saturated carbocycles. The van der Waals surface area contributed by atoms with Gasteiger partial charge in [-0.2, -0.15) is 9.97 Å². The Kier molecular flexibility index (Phi) is 6.49. The van der Waals surface area contributed by atoms with E-state index in [0.717, 1.165) is 24.9 Å². The molecule has 13 heteroatoms. The number of aromatic hydroxyl groups is 1. The van der Waals surface area contributed by atoms with E-state index < -0.39 is 23.8 Å². The molecule has 5 aliphatic heterocycles. The normalized spacial score (nSPS) is 28.0. The van der Waals surface area contributed by atoms with Crippen LogP contribution >= 0.6 is 15.9 Å². The van der Waals surface area contributed by atoms with E-state index in [9.17, 15) is 23.5 Å². The maximum absolute atomic E-state index is 14.6. The number of ether oxygens (including phenoxy) is 1. The molecule has 4 saturated heterocycles. The lowest BCUT2D eigenvalue weighted by molar-refractivity contribution is -0.126. The smallest absolute Gasteiger partial charge is 0.318 e. The summed E-state index contributed by atoms with van der Waals surface area (Å²) < 4.78 is 35.7. The Hall–Kier alpha value is -3.58. The number of hydrogen-bond donors (Lipinski definition) is 2. The van der Waals surface area contributed by atoms with Crippen molar-refractivity contribution in [2.75, 3.05) is 49.1 Å². The van der Waals surface area contributed by atoms with Crippen LogP contribution in [0.1, 0.15) is 30.5 Å². The molecule has 2 amide bonds. The van der Waals surface area contributed by atoms with Crippen molar-refractivity contribution < 1.29 is 28.2 Å². The van der Waals surface area contributed by atoms with Crippen LogP contribution in [-0.4, -0.2) is 82.8 Å². The summed E-state index contributed by atoms with van der Waals surface area (Å²) >= 11 is 3.41. The fraction of sp³-hybridized carbons (Fsp3) is 0.484. The molecule has 6 heterocycles. The third-order valence-corrected chi connectivity index (χ3v) is 10.9. The molecule has 0 aliphatic carbocycles. The molecule has 44 heavy (non-hydrogen) atoms. The quantitative estimate of drug-likeness (QED) is 0.395.